The van der Waals surface area contributed by atoms with Crippen LogP contribution in [0.3, 0.4) is 0 Å². The van der Waals surface area contributed by atoms with Gasteiger partial charge in [0.2, 0.25) is 0 Å². The molecule has 0 saturated carbocycles. The third kappa shape index (κ3) is 7.88. The van der Waals surface area contributed by atoms with Crippen LogP contribution in [0.15, 0.2) is 24.3 Å². The van der Waals surface area contributed by atoms with Crippen molar-refractivity contribution in [3.05, 3.63) is 29.3 Å². The Hall–Kier alpha value is -1.75. The van der Waals surface area contributed by atoms with Gasteiger partial charge < -0.3 is 14.4 Å². The Kier molecular flexibility index (Phi) is 9.14. The van der Waals surface area contributed by atoms with Gasteiger partial charge in [0.05, 0.1) is 13.5 Å². The number of unbranched alkanes of at least 4 members (excludes halogenated alkanes) is 2. The molecule has 1 aromatic carbocycles. The van der Waals surface area contributed by atoms with Gasteiger partial charge in [0, 0.05) is 18.1 Å². The van der Waals surface area contributed by atoms with E-state index in [9.17, 15) is 9.59 Å². The molecule has 128 valence electrons. The van der Waals surface area contributed by atoms with Gasteiger partial charge in [-0.05, 0) is 30.7 Å². The number of esters is 1. The average Bonchev–Trinajstić information content (AvgIpc) is 2.56. The summed E-state index contributed by atoms with van der Waals surface area (Å²) in [6.07, 6.45) is 3.21. The summed E-state index contributed by atoms with van der Waals surface area (Å²) in [7, 11) is 1.34. The number of carbonyl (C=O) groups is 2. The van der Waals surface area contributed by atoms with Gasteiger partial charge in [0.15, 0.2) is 6.61 Å². The van der Waals surface area contributed by atoms with Crippen LogP contribution in [0.5, 0.6) is 5.75 Å². The van der Waals surface area contributed by atoms with E-state index < -0.39 is 0 Å². The minimum atomic E-state index is -0.322. The molecule has 0 aromatic heterocycles. The molecule has 0 fully saturated rings. The lowest BCUT2D eigenvalue weighted by molar-refractivity contribution is -0.142. The van der Waals surface area contributed by atoms with Gasteiger partial charge in [-0.2, -0.15) is 0 Å². The predicted octanol–water partition coefficient (Wildman–Crippen LogP) is 3.30. The monoisotopic (exact) mass is 341 g/mol. The van der Waals surface area contributed by atoms with Gasteiger partial charge in [-0.15, -0.1) is 0 Å². The van der Waals surface area contributed by atoms with Gasteiger partial charge in [-0.25, -0.2) is 0 Å². The first-order valence-electron chi connectivity index (χ1n) is 7.79. The molecule has 0 atom stereocenters. The maximum absolute atomic E-state index is 12.3. The number of amides is 1. The molecule has 0 aliphatic carbocycles. The van der Waals surface area contributed by atoms with Crippen molar-refractivity contribution in [2.24, 2.45) is 0 Å². The number of methoxy groups -OCH3 is 1. The smallest absolute Gasteiger partial charge is 0.307 e. The summed E-state index contributed by atoms with van der Waals surface area (Å²) in [6, 6.07) is 6.84. The highest BCUT2D eigenvalue weighted by Crippen LogP contribution is 2.15. The van der Waals surface area contributed by atoms with Crippen LogP contribution in [0.2, 0.25) is 5.02 Å². The second-order valence-corrected chi connectivity index (χ2v) is 5.59. The summed E-state index contributed by atoms with van der Waals surface area (Å²) < 4.78 is 10.1. The van der Waals surface area contributed by atoms with Crippen molar-refractivity contribution < 1.29 is 19.1 Å². The van der Waals surface area contributed by atoms with Crippen molar-refractivity contribution in [2.75, 3.05) is 26.8 Å². The Morgan fingerprint density at radius 1 is 1.13 bits per heavy atom. The number of hydrogen-bond acceptors (Lipinski definition) is 4. The molecule has 1 aromatic rings. The van der Waals surface area contributed by atoms with E-state index in [1.54, 1.807) is 29.2 Å². The third-order valence-electron chi connectivity index (χ3n) is 3.37. The van der Waals surface area contributed by atoms with E-state index >= 15 is 0 Å². The molecule has 0 unspecified atom stereocenters. The van der Waals surface area contributed by atoms with Crippen molar-refractivity contribution in [3.8, 4) is 5.75 Å². The summed E-state index contributed by atoms with van der Waals surface area (Å²) in [5, 5.41) is 0.614. The first kappa shape index (κ1) is 19.3. The van der Waals surface area contributed by atoms with Gasteiger partial charge in [0.1, 0.15) is 5.75 Å². The maximum atomic E-state index is 12.3. The summed E-state index contributed by atoms with van der Waals surface area (Å²) >= 11 is 5.81. The number of hydrogen-bond donors (Lipinski definition) is 0. The first-order valence-corrected chi connectivity index (χ1v) is 8.17. The van der Waals surface area contributed by atoms with Crippen molar-refractivity contribution in [1.29, 1.82) is 0 Å². The highest BCUT2D eigenvalue weighted by atomic mass is 35.5. The molecule has 0 spiro atoms. The first-order chi connectivity index (χ1) is 11.1. The number of halogens is 1. The second-order valence-electron chi connectivity index (χ2n) is 5.16. The largest absolute Gasteiger partial charge is 0.484 e. The van der Waals surface area contributed by atoms with E-state index in [0.29, 0.717) is 23.9 Å². The van der Waals surface area contributed by atoms with Crippen molar-refractivity contribution in [2.45, 2.75) is 32.6 Å². The molecule has 0 saturated heterocycles. The van der Waals surface area contributed by atoms with Crippen LogP contribution in [0.25, 0.3) is 0 Å². The van der Waals surface area contributed by atoms with E-state index in [1.807, 2.05) is 0 Å². The van der Waals surface area contributed by atoms with Crippen molar-refractivity contribution >= 4 is 23.5 Å². The molecule has 23 heavy (non-hydrogen) atoms. The molecule has 0 N–H and O–H groups in total. The Balaban J connectivity index is 2.51. The Labute approximate surface area is 142 Å². The highest BCUT2D eigenvalue weighted by molar-refractivity contribution is 6.30. The zero-order valence-corrected chi connectivity index (χ0v) is 14.5. The lowest BCUT2D eigenvalue weighted by Crippen LogP contribution is -2.37. The predicted molar refractivity (Wildman–Crippen MR) is 89.7 cm³/mol. The van der Waals surface area contributed by atoms with E-state index in [2.05, 4.69) is 11.7 Å². The van der Waals surface area contributed by atoms with E-state index in [-0.39, 0.29) is 24.9 Å². The fourth-order valence-corrected chi connectivity index (χ4v) is 2.14. The van der Waals surface area contributed by atoms with Gasteiger partial charge >= 0.3 is 5.97 Å². The molecule has 0 bridgehead atoms. The third-order valence-corrected chi connectivity index (χ3v) is 3.63. The lowest BCUT2D eigenvalue weighted by Gasteiger charge is -2.22. The molecule has 0 aliphatic rings. The second kappa shape index (κ2) is 10.9. The van der Waals surface area contributed by atoms with Gasteiger partial charge in [0.25, 0.3) is 5.91 Å². The number of benzene rings is 1. The Bertz CT molecular complexity index is 490. The molecule has 0 heterocycles. The lowest BCUT2D eigenvalue weighted by atomic mass is 10.2. The van der Waals surface area contributed by atoms with E-state index in [4.69, 9.17) is 16.3 Å². The standard InChI is InChI=1S/C17H24ClNO4/c1-3-4-5-11-19(12-10-17(21)22-2)16(20)13-23-15-8-6-14(18)7-9-15/h6-9H,3-5,10-13H2,1-2H3. The summed E-state index contributed by atoms with van der Waals surface area (Å²) in [6.45, 7) is 3.01. The fourth-order valence-electron chi connectivity index (χ4n) is 2.01. The van der Waals surface area contributed by atoms with Crippen LogP contribution in [-0.2, 0) is 14.3 Å². The minimum Gasteiger partial charge on any atom is -0.484 e. The Morgan fingerprint density at radius 2 is 1.83 bits per heavy atom. The van der Waals surface area contributed by atoms with E-state index in [1.165, 1.54) is 7.11 Å². The van der Waals surface area contributed by atoms with Crippen LogP contribution in [0.4, 0.5) is 0 Å². The molecule has 6 heteroatoms. The topological polar surface area (TPSA) is 55.8 Å². The molecule has 5 nitrogen and oxygen atoms in total. The molecule has 1 amide bonds. The number of ether oxygens (including phenoxy) is 2. The summed E-state index contributed by atoms with van der Waals surface area (Å²) in [5.74, 6) is 0.126. The highest BCUT2D eigenvalue weighted by Gasteiger charge is 2.15. The van der Waals surface area contributed by atoms with Crippen LogP contribution in [0, 0.1) is 0 Å². The fraction of sp³-hybridized carbons (Fsp3) is 0.529. The van der Waals surface area contributed by atoms with Crippen LogP contribution >= 0.6 is 11.6 Å². The van der Waals surface area contributed by atoms with Crippen LogP contribution in [0.1, 0.15) is 32.6 Å². The summed E-state index contributed by atoms with van der Waals surface area (Å²) in [4.78, 5) is 25.2. The molecule has 0 radical (unpaired) electrons. The van der Waals surface area contributed by atoms with Gasteiger partial charge in [-0.3, -0.25) is 9.59 Å². The number of nitrogens with zero attached hydrogens (tertiary/aromatic N) is 1. The minimum absolute atomic E-state index is 0.0606. The number of carbonyl (C=O) groups excluding carboxylic acids is 2. The van der Waals surface area contributed by atoms with E-state index in [0.717, 1.165) is 19.3 Å². The maximum Gasteiger partial charge on any atom is 0.307 e. The van der Waals surface area contributed by atoms with Crippen LogP contribution < -0.4 is 4.74 Å². The van der Waals surface area contributed by atoms with Crippen molar-refractivity contribution in [1.82, 2.24) is 4.90 Å². The molecule has 1 rings (SSSR count). The quantitative estimate of drug-likeness (QED) is 0.484. The zero-order valence-electron chi connectivity index (χ0n) is 13.7. The number of rotatable bonds is 10. The molecular formula is C17H24ClNO4. The van der Waals surface area contributed by atoms with Gasteiger partial charge in [-0.1, -0.05) is 31.4 Å². The summed E-state index contributed by atoms with van der Waals surface area (Å²) in [5.41, 5.74) is 0. The zero-order chi connectivity index (χ0) is 17.1. The van der Waals surface area contributed by atoms with Crippen molar-refractivity contribution in [3.63, 3.8) is 0 Å². The normalized spacial score (nSPS) is 10.2. The average molecular weight is 342 g/mol. The molecule has 0 aliphatic heterocycles. The molecular weight excluding hydrogens is 318 g/mol. The Morgan fingerprint density at radius 3 is 2.43 bits per heavy atom. The SMILES string of the molecule is CCCCCN(CCC(=O)OC)C(=O)COc1ccc(Cl)cc1. The van der Waals surface area contributed by atoms with Crippen LogP contribution in [-0.4, -0.2) is 43.6 Å².